The Hall–Kier alpha value is -2.97. The van der Waals surface area contributed by atoms with Crippen LogP contribution in [0.25, 0.3) is 10.9 Å². The molecule has 1 atom stereocenters. The Morgan fingerprint density at radius 2 is 2.10 bits per heavy atom. The largest absolute Gasteiger partial charge is 0.467 e. The van der Waals surface area contributed by atoms with Crippen molar-refractivity contribution < 1.29 is 9.21 Å². The zero-order valence-electron chi connectivity index (χ0n) is 15.3. The minimum Gasteiger partial charge on any atom is -0.467 e. The van der Waals surface area contributed by atoms with Crippen molar-refractivity contribution in [2.75, 3.05) is 5.75 Å². The van der Waals surface area contributed by atoms with Crippen molar-refractivity contribution in [3.63, 3.8) is 0 Å². The number of aromatic nitrogens is 2. The summed E-state index contributed by atoms with van der Waals surface area (Å²) < 4.78 is 5.59. The van der Waals surface area contributed by atoms with Crippen molar-refractivity contribution >= 4 is 45.6 Å². The van der Waals surface area contributed by atoms with Gasteiger partial charge < -0.3 is 4.42 Å². The van der Waals surface area contributed by atoms with Crippen LogP contribution in [0.1, 0.15) is 23.1 Å². The summed E-state index contributed by atoms with van der Waals surface area (Å²) >= 11 is 3.03. The third kappa shape index (κ3) is 3.56. The van der Waals surface area contributed by atoms with Crippen LogP contribution in [0.2, 0.25) is 0 Å². The maximum atomic E-state index is 13.1. The summed E-state index contributed by atoms with van der Waals surface area (Å²) in [7, 11) is 0. The van der Waals surface area contributed by atoms with E-state index in [4.69, 9.17) is 4.42 Å². The highest BCUT2D eigenvalue weighted by Crippen LogP contribution is 2.35. The topological polar surface area (TPSA) is 71.6 Å². The van der Waals surface area contributed by atoms with E-state index in [0.29, 0.717) is 6.42 Å². The van der Waals surface area contributed by atoms with E-state index in [1.165, 1.54) is 18.1 Å². The quantitative estimate of drug-likeness (QED) is 0.344. The summed E-state index contributed by atoms with van der Waals surface area (Å²) in [6, 6.07) is 15.3. The number of para-hydroxylation sites is 1. The monoisotopic (exact) mass is 420 g/mol. The molecule has 6 nitrogen and oxygen atoms in total. The summed E-state index contributed by atoms with van der Waals surface area (Å²) in [5.41, 5.74) is 1.78. The fourth-order valence-electron chi connectivity index (χ4n) is 3.33. The van der Waals surface area contributed by atoms with Crippen LogP contribution in [0.5, 0.6) is 0 Å². The number of rotatable bonds is 5. The Morgan fingerprint density at radius 3 is 2.93 bits per heavy atom. The summed E-state index contributed by atoms with van der Waals surface area (Å²) in [6.07, 6.45) is 3.80. The highest BCUT2D eigenvalue weighted by molar-refractivity contribution is 8.00. The third-order valence-corrected chi connectivity index (χ3v) is 6.59. The molecule has 0 saturated carbocycles. The summed E-state index contributed by atoms with van der Waals surface area (Å²) in [4.78, 5) is 22.8. The van der Waals surface area contributed by atoms with Crippen molar-refractivity contribution in [3.05, 3.63) is 77.1 Å². The molecule has 29 heavy (non-hydrogen) atoms. The van der Waals surface area contributed by atoms with Gasteiger partial charge in [-0.25, -0.2) is 15.0 Å². The van der Waals surface area contributed by atoms with Crippen molar-refractivity contribution in [1.29, 1.82) is 0 Å². The molecule has 0 fully saturated rings. The van der Waals surface area contributed by atoms with Crippen LogP contribution in [0, 0.1) is 0 Å². The molecule has 0 spiro atoms. The van der Waals surface area contributed by atoms with Crippen LogP contribution in [0.3, 0.4) is 0 Å². The Bertz CT molecular complexity index is 1170. The van der Waals surface area contributed by atoms with Gasteiger partial charge >= 0.3 is 0 Å². The first kappa shape index (κ1) is 18.1. The van der Waals surface area contributed by atoms with Crippen LogP contribution in [0.4, 0.5) is 0 Å². The van der Waals surface area contributed by atoms with Gasteiger partial charge in [0.2, 0.25) is 0 Å². The summed E-state index contributed by atoms with van der Waals surface area (Å²) in [5, 5.41) is 9.96. The second-order valence-electron chi connectivity index (χ2n) is 6.48. The standard InChI is InChI=1S/C21H16N4O2S2/c26-20(12-29-21-14-5-1-2-6-15(14)22-13-23-21)25-17(18-7-3-9-27-18)11-16(24-25)19-8-4-10-28-19/h1-10,13,17H,11-12H2/t17-/m0/s1. The highest BCUT2D eigenvalue weighted by atomic mass is 32.2. The number of carbonyl (C=O) groups is 1. The van der Waals surface area contributed by atoms with Crippen molar-refractivity contribution in [2.45, 2.75) is 17.5 Å². The number of amides is 1. The van der Waals surface area contributed by atoms with E-state index in [1.807, 2.05) is 53.9 Å². The lowest BCUT2D eigenvalue weighted by Gasteiger charge is -2.19. The highest BCUT2D eigenvalue weighted by Gasteiger charge is 2.35. The maximum absolute atomic E-state index is 13.1. The Kier molecular flexibility index (Phi) is 4.87. The van der Waals surface area contributed by atoms with Gasteiger partial charge in [-0.05, 0) is 29.6 Å². The predicted octanol–water partition coefficient (Wildman–Crippen LogP) is 4.75. The molecule has 0 unspecified atom stereocenters. The van der Waals surface area contributed by atoms with Crippen LogP contribution >= 0.6 is 23.1 Å². The van der Waals surface area contributed by atoms with E-state index in [-0.39, 0.29) is 17.7 Å². The van der Waals surface area contributed by atoms with E-state index < -0.39 is 0 Å². The molecule has 0 saturated heterocycles. The molecule has 4 heterocycles. The average Bonchev–Trinajstić information content (AvgIpc) is 3.52. The second-order valence-corrected chi connectivity index (χ2v) is 8.39. The van der Waals surface area contributed by atoms with Gasteiger partial charge in [0.05, 0.1) is 28.1 Å². The molecule has 0 N–H and O–H groups in total. The fourth-order valence-corrected chi connectivity index (χ4v) is 4.89. The zero-order valence-corrected chi connectivity index (χ0v) is 16.9. The summed E-state index contributed by atoms with van der Waals surface area (Å²) in [5.74, 6) is 0.899. The number of carbonyl (C=O) groups excluding carboxylic acids is 1. The number of thioether (sulfide) groups is 1. The van der Waals surface area contributed by atoms with Crippen LogP contribution in [-0.4, -0.2) is 32.3 Å². The molecule has 144 valence electrons. The van der Waals surface area contributed by atoms with Crippen LogP contribution in [0.15, 0.2) is 81.0 Å². The van der Waals surface area contributed by atoms with Gasteiger partial charge in [-0.3, -0.25) is 4.79 Å². The normalized spacial score (nSPS) is 16.3. The molecule has 1 aliphatic heterocycles. The first-order chi connectivity index (χ1) is 14.3. The number of benzene rings is 1. The van der Waals surface area contributed by atoms with Gasteiger partial charge in [-0.15, -0.1) is 11.3 Å². The number of thiophene rings is 1. The Balaban J connectivity index is 1.39. The number of fused-ring (bicyclic) bond motifs is 1. The molecule has 0 bridgehead atoms. The molecule has 1 aromatic carbocycles. The van der Waals surface area contributed by atoms with Crippen molar-refractivity contribution in [1.82, 2.24) is 15.0 Å². The first-order valence-corrected chi connectivity index (χ1v) is 11.0. The smallest absolute Gasteiger partial charge is 0.253 e. The first-order valence-electron chi connectivity index (χ1n) is 9.09. The fraction of sp³-hybridized carbons (Fsp3) is 0.143. The van der Waals surface area contributed by atoms with Crippen molar-refractivity contribution in [2.24, 2.45) is 5.10 Å². The van der Waals surface area contributed by atoms with Gasteiger partial charge in [-0.2, -0.15) is 5.10 Å². The molecule has 1 aliphatic rings. The lowest BCUT2D eigenvalue weighted by atomic mass is 10.1. The minimum atomic E-state index is -0.225. The van der Waals surface area contributed by atoms with Crippen molar-refractivity contribution in [3.8, 4) is 0 Å². The van der Waals surface area contributed by atoms with Gasteiger partial charge in [0, 0.05) is 11.8 Å². The number of hydrazone groups is 1. The third-order valence-electron chi connectivity index (χ3n) is 4.68. The number of nitrogens with zero attached hydrogens (tertiary/aromatic N) is 4. The Morgan fingerprint density at radius 1 is 1.17 bits per heavy atom. The van der Waals surface area contributed by atoms with Gasteiger partial charge in [0.1, 0.15) is 23.2 Å². The molecule has 0 radical (unpaired) electrons. The molecular weight excluding hydrogens is 404 g/mol. The average molecular weight is 421 g/mol. The van der Waals surface area contributed by atoms with Crippen LogP contribution < -0.4 is 0 Å². The molecule has 5 rings (SSSR count). The molecule has 3 aromatic heterocycles. The van der Waals surface area contributed by atoms with Gasteiger partial charge in [0.25, 0.3) is 5.91 Å². The molecule has 4 aromatic rings. The Labute approximate surface area is 175 Å². The van der Waals surface area contributed by atoms with Crippen LogP contribution in [-0.2, 0) is 4.79 Å². The molecule has 8 heteroatoms. The lowest BCUT2D eigenvalue weighted by Crippen LogP contribution is -2.28. The van der Waals surface area contributed by atoms with E-state index >= 15 is 0 Å². The summed E-state index contributed by atoms with van der Waals surface area (Å²) in [6.45, 7) is 0. The van der Waals surface area contributed by atoms with E-state index in [0.717, 1.165) is 32.3 Å². The zero-order chi connectivity index (χ0) is 19.6. The molecule has 1 amide bonds. The number of hydrogen-bond acceptors (Lipinski definition) is 7. The van der Waals surface area contributed by atoms with Gasteiger partial charge in [-0.1, -0.05) is 36.0 Å². The number of hydrogen-bond donors (Lipinski definition) is 0. The predicted molar refractivity (Wildman–Crippen MR) is 114 cm³/mol. The second kappa shape index (κ2) is 7.81. The van der Waals surface area contributed by atoms with Gasteiger partial charge in [0.15, 0.2) is 0 Å². The molecule has 0 aliphatic carbocycles. The maximum Gasteiger partial charge on any atom is 0.253 e. The minimum absolute atomic E-state index is 0.0781. The van der Waals surface area contributed by atoms with E-state index in [9.17, 15) is 4.79 Å². The lowest BCUT2D eigenvalue weighted by molar-refractivity contribution is -0.130. The van der Waals surface area contributed by atoms with E-state index in [2.05, 4.69) is 15.1 Å². The van der Waals surface area contributed by atoms with E-state index in [1.54, 1.807) is 22.6 Å². The SMILES string of the molecule is O=C(CSc1ncnc2ccccc12)N1N=C(c2cccs2)C[C@H]1c1ccco1. The number of furan rings is 1. The molecular formula is C21H16N4O2S2.